The second-order valence-electron chi connectivity index (χ2n) is 3.20. The molecule has 2 nitrogen and oxygen atoms in total. The van der Waals surface area contributed by atoms with Gasteiger partial charge in [-0.05, 0) is 31.9 Å². The van der Waals surface area contributed by atoms with Crippen molar-refractivity contribution in [2.75, 3.05) is 0 Å². The molecule has 0 N–H and O–H groups in total. The van der Waals surface area contributed by atoms with E-state index in [-0.39, 0.29) is 0 Å². The lowest BCUT2D eigenvalue weighted by Gasteiger charge is -2.07. The fraction of sp³-hybridized carbons (Fsp3) is 0.500. The summed E-state index contributed by atoms with van der Waals surface area (Å²) in [4.78, 5) is 0. The van der Waals surface area contributed by atoms with Crippen LogP contribution in [-0.2, 0) is 6.42 Å². The summed E-state index contributed by atoms with van der Waals surface area (Å²) in [6.45, 7) is 6.27. The third-order valence-corrected chi connectivity index (χ3v) is 1.98. The SMILES string of the molecule is CCc1cc(C#N)n(C(C)C)c1. The molecule has 0 fully saturated rings. The highest BCUT2D eigenvalue weighted by molar-refractivity contribution is 5.29. The number of aryl methyl sites for hydroxylation is 1. The van der Waals surface area contributed by atoms with Crippen LogP contribution in [0, 0.1) is 11.3 Å². The van der Waals surface area contributed by atoms with Crippen LogP contribution in [0.4, 0.5) is 0 Å². The molecule has 0 saturated heterocycles. The van der Waals surface area contributed by atoms with E-state index in [9.17, 15) is 0 Å². The van der Waals surface area contributed by atoms with E-state index in [1.165, 1.54) is 5.56 Å². The van der Waals surface area contributed by atoms with Crippen molar-refractivity contribution in [2.24, 2.45) is 0 Å². The maximum Gasteiger partial charge on any atom is 0.120 e. The lowest BCUT2D eigenvalue weighted by atomic mass is 10.2. The molecule has 1 heterocycles. The maximum atomic E-state index is 8.81. The van der Waals surface area contributed by atoms with Gasteiger partial charge in [0, 0.05) is 12.2 Å². The van der Waals surface area contributed by atoms with Gasteiger partial charge in [0.15, 0.2) is 0 Å². The highest BCUT2D eigenvalue weighted by Gasteiger charge is 2.05. The molecule has 0 aliphatic carbocycles. The quantitative estimate of drug-likeness (QED) is 0.656. The zero-order valence-electron chi connectivity index (χ0n) is 7.83. The van der Waals surface area contributed by atoms with Crippen molar-refractivity contribution < 1.29 is 0 Å². The molecule has 0 saturated carbocycles. The molecular weight excluding hydrogens is 148 g/mol. The monoisotopic (exact) mass is 162 g/mol. The number of nitrogens with zero attached hydrogens (tertiary/aromatic N) is 2. The average Bonchev–Trinajstić information content (AvgIpc) is 2.47. The van der Waals surface area contributed by atoms with Gasteiger partial charge >= 0.3 is 0 Å². The van der Waals surface area contributed by atoms with Crippen LogP contribution in [0.25, 0.3) is 0 Å². The van der Waals surface area contributed by atoms with E-state index >= 15 is 0 Å². The molecule has 0 spiro atoms. The smallest absolute Gasteiger partial charge is 0.120 e. The van der Waals surface area contributed by atoms with E-state index in [2.05, 4.69) is 33.0 Å². The summed E-state index contributed by atoms with van der Waals surface area (Å²) in [6, 6.07) is 4.53. The van der Waals surface area contributed by atoms with E-state index in [1.54, 1.807) is 0 Å². The van der Waals surface area contributed by atoms with Crippen LogP contribution in [0.3, 0.4) is 0 Å². The predicted octanol–water partition coefficient (Wildman–Crippen LogP) is 2.50. The van der Waals surface area contributed by atoms with E-state index in [0.717, 1.165) is 12.1 Å². The first-order valence-electron chi connectivity index (χ1n) is 4.29. The van der Waals surface area contributed by atoms with Crippen LogP contribution in [0.5, 0.6) is 0 Å². The average molecular weight is 162 g/mol. The molecule has 0 atom stereocenters. The zero-order valence-corrected chi connectivity index (χ0v) is 7.83. The van der Waals surface area contributed by atoms with E-state index in [1.807, 2.05) is 10.6 Å². The summed E-state index contributed by atoms with van der Waals surface area (Å²) >= 11 is 0. The van der Waals surface area contributed by atoms with Gasteiger partial charge < -0.3 is 4.57 Å². The second-order valence-corrected chi connectivity index (χ2v) is 3.20. The predicted molar refractivity (Wildman–Crippen MR) is 48.9 cm³/mol. The van der Waals surface area contributed by atoms with E-state index in [0.29, 0.717) is 6.04 Å². The summed E-state index contributed by atoms with van der Waals surface area (Å²) in [7, 11) is 0. The van der Waals surface area contributed by atoms with Crippen molar-refractivity contribution in [1.29, 1.82) is 5.26 Å². The van der Waals surface area contributed by atoms with Crippen LogP contribution in [-0.4, -0.2) is 4.57 Å². The first-order chi connectivity index (χ1) is 5.69. The van der Waals surface area contributed by atoms with Crippen molar-refractivity contribution in [1.82, 2.24) is 4.57 Å². The minimum Gasteiger partial charge on any atom is -0.337 e. The molecule has 0 aliphatic rings. The zero-order chi connectivity index (χ0) is 9.14. The molecule has 64 valence electrons. The second kappa shape index (κ2) is 3.44. The fourth-order valence-corrected chi connectivity index (χ4v) is 1.25. The Kier molecular flexibility index (Phi) is 2.54. The summed E-state index contributed by atoms with van der Waals surface area (Å²) in [6.07, 6.45) is 3.05. The van der Waals surface area contributed by atoms with Gasteiger partial charge in [-0.15, -0.1) is 0 Å². The van der Waals surface area contributed by atoms with Crippen molar-refractivity contribution in [3.05, 3.63) is 23.5 Å². The van der Waals surface area contributed by atoms with Crippen LogP contribution in [0.15, 0.2) is 12.3 Å². The topological polar surface area (TPSA) is 28.7 Å². The molecule has 0 radical (unpaired) electrons. The van der Waals surface area contributed by atoms with Gasteiger partial charge in [0.2, 0.25) is 0 Å². The van der Waals surface area contributed by atoms with Gasteiger partial charge in [-0.1, -0.05) is 6.92 Å². The highest BCUT2D eigenvalue weighted by Crippen LogP contribution is 2.14. The number of nitriles is 1. The Bertz CT molecular complexity index is 302. The minimum absolute atomic E-state index is 0.375. The first-order valence-corrected chi connectivity index (χ1v) is 4.29. The molecule has 1 aromatic rings. The minimum atomic E-state index is 0.375. The molecule has 2 heteroatoms. The number of rotatable bonds is 2. The molecule has 0 aromatic carbocycles. The normalized spacial score (nSPS) is 10.2. The lowest BCUT2D eigenvalue weighted by molar-refractivity contribution is 0.596. The summed E-state index contributed by atoms with van der Waals surface area (Å²) in [5.41, 5.74) is 2.00. The van der Waals surface area contributed by atoms with Crippen molar-refractivity contribution in [3.8, 4) is 6.07 Å². The number of hydrogen-bond donors (Lipinski definition) is 0. The van der Waals surface area contributed by atoms with E-state index < -0.39 is 0 Å². The third-order valence-electron chi connectivity index (χ3n) is 1.98. The third kappa shape index (κ3) is 1.50. The Morgan fingerprint density at radius 3 is 2.58 bits per heavy atom. The first kappa shape index (κ1) is 8.86. The Balaban J connectivity index is 3.10. The number of hydrogen-bond acceptors (Lipinski definition) is 1. The van der Waals surface area contributed by atoms with Crippen LogP contribution in [0.2, 0.25) is 0 Å². The van der Waals surface area contributed by atoms with E-state index in [4.69, 9.17) is 5.26 Å². The van der Waals surface area contributed by atoms with Crippen molar-refractivity contribution in [2.45, 2.75) is 33.2 Å². The molecule has 12 heavy (non-hydrogen) atoms. The Labute approximate surface area is 73.4 Å². The fourth-order valence-electron chi connectivity index (χ4n) is 1.25. The molecular formula is C10H14N2. The molecule has 0 aliphatic heterocycles. The van der Waals surface area contributed by atoms with Crippen molar-refractivity contribution in [3.63, 3.8) is 0 Å². The maximum absolute atomic E-state index is 8.81. The molecule has 0 amide bonds. The largest absolute Gasteiger partial charge is 0.337 e. The van der Waals surface area contributed by atoms with Crippen LogP contribution >= 0.6 is 0 Å². The molecule has 1 rings (SSSR count). The van der Waals surface area contributed by atoms with Gasteiger partial charge in [-0.25, -0.2) is 0 Å². The van der Waals surface area contributed by atoms with Gasteiger partial charge in [-0.2, -0.15) is 5.26 Å². The Hall–Kier alpha value is -1.23. The summed E-state index contributed by atoms with van der Waals surface area (Å²) in [5, 5.41) is 8.81. The molecule has 1 aromatic heterocycles. The number of aromatic nitrogens is 1. The highest BCUT2D eigenvalue weighted by atomic mass is 15.0. The molecule has 0 bridgehead atoms. The standard InChI is InChI=1S/C10H14N2/c1-4-9-5-10(6-11)12(7-9)8(2)3/h5,7-8H,4H2,1-3H3. The Morgan fingerprint density at radius 1 is 1.58 bits per heavy atom. The van der Waals surface area contributed by atoms with Gasteiger partial charge in [0.25, 0.3) is 0 Å². The van der Waals surface area contributed by atoms with Crippen LogP contribution < -0.4 is 0 Å². The Morgan fingerprint density at radius 2 is 2.25 bits per heavy atom. The van der Waals surface area contributed by atoms with Crippen molar-refractivity contribution >= 4 is 0 Å². The van der Waals surface area contributed by atoms with Gasteiger partial charge in [0.1, 0.15) is 11.8 Å². The van der Waals surface area contributed by atoms with Gasteiger partial charge in [-0.3, -0.25) is 0 Å². The van der Waals surface area contributed by atoms with Gasteiger partial charge in [0.05, 0.1) is 0 Å². The van der Waals surface area contributed by atoms with Crippen LogP contribution in [0.1, 0.15) is 38.1 Å². The molecule has 0 unspecified atom stereocenters. The lowest BCUT2D eigenvalue weighted by Crippen LogP contribution is -2.00. The summed E-state index contributed by atoms with van der Waals surface area (Å²) in [5.74, 6) is 0. The summed E-state index contributed by atoms with van der Waals surface area (Å²) < 4.78 is 2.01.